The van der Waals surface area contributed by atoms with Crippen LogP contribution in [0.5, 0.6) is 11.5 Å². The van der Waals surface area contributed by atoms with Crippen molar-refractivity contribution >= 4 is 28.7 Å². The topological polar surface area (TPSA) is 74.7 Å². The Morgan fingerprint density at radius 3 is 2.47 bits per heavy atom. The molecule has 0 radical (unpaired) electrons. The minimum absolute atomic E-state index is 0.280. The van der Waals surface area contributed by atoms with E-state index in [9.17, 15) is 9.59 Å². The highest BCUT2D eigenvalue weighted by Crippen LogP contribution is 2.22. The summed E-state index contributed by atoms with van der Waals surface area (Å²) in [6, 6.07) is 23.9. The molecule has 0 saturated carbocycles. The van der Waals surface area contributed by atoms with E-state index in [0.29, 0.717) is 18.1 Å². The number of hydrogen-bond acceptors (Lipinski definition) is 6. The molecule has 0 saturated heterocycles. The zero-order chi connectivity index (χ0) is 23.9. The van der Waals surface area contributed by atoms with Gasteiger partial charge in [-0.1, -0.05) is 42.5 Å². The van der Waals surface area contributed by atoms with Crippen molar-refractivity contribution in [3.05, 3.63) is 107 Å². The summed E-state index contributed by atoms with van der Waals surface area (Å²) in [5, 5.41) is 1.09. The fraction of sp³-hybridized carbons (Fsp3) is 0.107. The molecule has 6 nitrogen and oxygen atoms in total. The molecule has 0 amide bonds. The number of esters is 1. The van der Waals surface area contributed by atoms with Crippen LogP contribution in [0.2, 0.25) is 0 Å². The molecule has 0 fully saturated rings. The van der Waals surface area contributed by atoms with Crippen LogP contribution in [0.4, 0.5) is 0 Å². The summed E-state index contributed by atoms with van der Waals surface area (Å²) in [4.78, 5) is 29.1. The Morgan fingerprint density at radius 1 is 0.912 bits per heavy atom. The SMILES string of the molecule is COC(=O)c1ccc(OC)c(C(=O)/C=C/c2ccc(OCc3ccc4ccccc4n3)cc2)c1. The highest BCUT2D eigenvalue weighted by Gasteiger charge is 2.14. The first-order chi connectivity index (χ1) is 16.6. The van der Waals surface area contributed by atoms with Gasteiger partial charge in [0.05, 0.1) is 36.6 Å². The summed E-state index contributed by atoms with van der Waals surface area (Å²) in [6.07, 6.45) is 3.13. The van der Waals surface area contributed by atoms with Crippen LogP contribution in [0, 0.1) is 0 Å². The lowest BCUT2D eigenvalue weighted by atomic mass is 10.0. The van der Waals surface area contributed by atoms with Gasteiger partial charge in [-0.3, -0.25) is 4.79 Å². The van der Waals surface area contributed by atoms with Crippen molar-refractivity contribution in [1.29, 1.82) is 0 Å². The lowest BCUT2D eigenvalue weighted by molar-refractivity contribution is 0.0600. The molecule has 0 aliphatic rings. The molecule has 0 bridgehead atoms. The van der Waals surface area contributed by atoms with Crippen molar-refractivity contribution < 1.29 is 23.8 Å². The fourth-order valence-corrected chi connectivity index (χ4v) is 3.43. The van der Waals surface area contributed by atoms with Crippen molar-refractivity contribution in [2.45, 2.75) is 6.61 Å². The zero-order valence-corrected chi connectivity index (χ0v) is 18.9. The minimum Gasteiger partial charge on any atom is -0.496 e. The molecule has 0 spiro atoms. The number of para-hydroxylation sites is 1. The van der Waals surface area contributed by atoms with Crippen molar-refractivity contribution in [3.63, 3.8) is 0 Å². The van der Waals surface area contributed by atoms with Crippen LogP contribution >= 0.6 is 0 Å². The van der Waals surface area contributed by atoms with Gasteiger partial charge in [-0.2, -0.15) is 0 Å². The normalized spacial score (nSPS) is 10.9. The maximum absolute atomic E-state index is 12.7. The van der Waals surface area contributed by atoms with E-state index in [1.807, 2.05) is 60.7 Å². The van der Waals surface area contributed by atoms with Crippen LogP contribution in [-0.2, 0) is 11.3 Å². The van der Waals surface area contributed by atoms with Gasteiger partial charge in [0, 0.05) is 5.39 Å². The van der Waals surface area contributed by atoms with Crippen LogP contribution in [0.1, 0.15) is 32.0 Å². The van der Waals surface area contributed by atoms with Crippen LogP contribution in [0.15, 0.2) is 84.9 Å². The number of hydrogen-bond donors (Lipinski definition) is 0. The lowest BCUT2D eigenvalue weighted by Gasteiger charge is -2.08. The quantitative estimate of drug-likeness (QED) is 0.199. The highest BCUT2D eigenvalue weighted by molar-refractivity contribution is 6.09. The van der Waals surface area contributed by atoms with E-state index in [2.05, 4.69) is 4.98 Å². The summed E-state index contributed by atoms with van der Waals surface area (Å²) < 4.78 is 15.8. The first-order valence-corrected chi connectivity index (χ1v) is 10.6. The number of methoxy groups -OCH3 is 2. The number of pyridine rings is 1. The molecule has 1 heterocycles. The predicted octanol–water partition coefficient (Wildman–Crippen LogP) is 5.51. The Balaban J connectivity index is 1.41. The molecule has 4 aromatic rings. The number of nitrogens with zero attached hydrogens (tertiary/aromatic N) is 1. The first kappa shape index (κ1) is 22.7. The third kappa shape index (κ3) is 5.30. The lowest BCUT2D eigenvalue weighted by Crippen LogP contribution is -2.05. The Hall–Kier alpha value is -4.45. The van der Waals surface area contributed by atoms with Crippen LogP contribution in [0.3, 0.4) is 0 Å². The second kappa shape index (κ2) is 10.4. The monoisotopic (exact) mass is 453 g/mol. The van der Waals surface area contributed by atoms with Gasteiger partial charge in [-0.05, 0) is 54.1 Å². The molecule has 0 aliphatic heterocycles. The molecular formula is C28H23NO5. The standard InChI is InChI=1S/C28H23NO5/c1-32-27-16-11-21(28(31)33-2)17-24(27)26(30)15-9-19-7-13-23(14-8-19)34-18-22-12-10-20-5-3-4-6-25(20)29-22/h3-17H,18H2,1-2H3/b15-9+. The molecule has 4 rings (SSSR count). The molecule has 6 heteroatoms. The fourth-order valence-electron chi connectivity index (χ4n) is 3.43. The van der Waals surface area contributed by atoms with Crippen molar-refractivity contribution in [1.82, 2.24) is 4.98 Å². The predicted molar refractivity (Wildman–Crippen MR) is 130 cm³/mol. The minimum atomic E-state index is -0.518. The summed E-state index contributed by atoms with van der Waals surface area (Å²) >= 11 is 0. The number of fused-ring (bicyclic) bond motifs is 1. The van der Waals surface area contributed by atoms with E-state index in [1.54, 1.807) is 18.2 Å². The average Bonchev–Trinajstić information content (AvgIpc) is 2.90. The number of carbonyl (C=O) groups is 2. The van der Waals surface area contributed by atoms with Gasteiger partial charge in [-0.25, -0.2) is 9.78 Å². The Bertz CT molecular complexity index is 1360. The molecule has 3 aromatic carbocycles. The molecule has 0 aliphatic carbocycles. The number of rotatable bonds is 8. The van der Waals surface area contributed by atoms with Gasteiger partial charge in [-0.15, -0.1) is 0 Å². The second-order valence-corrected chi connectivity index (χ2v) is 7.46. The Kier molecular flexibility index (Phi) is 6.98. The summed E-state index contributed by atoms with van der Waals surface area (Å²) in [5.41, 5.74) is 3.17. The van der Waals surface area contributed by atoms with E-state index >= 15 is 0 Å². The van der Waals surface area contributed by atoms with E-state index in [4.69, 9.17) is 14.2 Å². The number of ether oxygens (including phenoxy) is 3. The van der Waals surface area contributed by atoms with Crippen LogP contribution in [-0.4, -0.2) is 31.0 Å². The molecule has 0 unspecified atom stereocenters. The van der Waals surface area contributed by atoms with Gasteiger partial charge in [0.1, 0.15) is 18.1 Å². The molecule has 34 heavy (non-hydrogen) atoms. The smallest absolute Gasteiger partial charge is 0.337 e. The van der Waals surface area contributed by atoms with E-state index in [-0.39, 0.29) is 16.9 Å². The van der Waals surface area contributed by atoms with Gasteiger partial charge in [0.15, 0.2) is 5.78 Å². The molecule has 170 valence electrons. The third-order valence-electron chi connectivity index (χ3n) is 5.24. The molecule has 0 atom stereocenters. The van der Waals surface area contributed by atoms with Gasteiger partial charge in [0.25, 0.3) is 0 Å². The Morgan fingerprint density at radius 2 is 1.71 bits per heavy atom. The maximum atomic E-state index is 12.7. The molecular weight excluding hydrogens is 430 g/mol. The number of aromatic nitrogens is 1. The van der Waals surface area contributed by atoms with Crippen LogP contribution < -0.4 is 9.47 Å². The van der Waals surface area contributed by atoms with Crippen LogP contribution in [0.25, 0.3) is 17.0 Å². The number of benzene rings is 3. The molecule has 0 N–H and O–H groups in total. The summed E-state index contributed by atoms with van der Waals surface area (Å²) in [6.45, 7) is 0.356. The average molecular weight is 453 g/mol. The third-order valence-corrected chi connectivity index (χ3v) is 5.24. The summed E-state index contributed by atoms with van der Waals surface area (Å²) in [7, 11) is 2.76. The zero-order valence-electron chi connectivity index (χ0n) is 18.9. The number of carbonyl (C=O) groups excluding carboxylic acids is 2. The molecule has 1 aromatic heterocycles. The highest BCUT2D eigenvalue weighted by atomic mass is 16.5. The van der Waals surface area contributed by atoms with Crippen molar-refractivity contribution in [2.75, 3.05) is 14.2 Å². The first-order valence-electron chi connectivity index (χ1n) is 10.6. The van der Waals surface area contributed by atoms with E-state index < -0.39 is 5.97 Å². The van der Waals surface area contributed by atoms with Gasteiger partial charge in [0.2, 0.25) is 0 Å². The number of allylic oxidation sites excluding steroid dienone is 1. The number of ketones is 1. The van der Waals surface area contributed by atoms with Gasteiger partial charge >= 0.3 is 5.97 Å². The van der Waals surface area contributed by atoms with E-state index in [0.717, 1.165) is 22.2 Å². The largest absolute Gasteiger partial charge is 0.496 e. The maximum Gasteiger partial charge on any atom is 0.337 e. The Labute approximate surface area is 197 Å². The van der Waals surface area contributed by atoms with E-state index in [1.165, 1.54) is 26.4 Å². The summed E-state index contributed by atoms with van der Waals surface area (Å²) in [5.74, 6) is 0.278. The van der Waals surface area contributed by atoms with Crippen molar-refractivity contribution in [2.24, 2.45) is 0 Å². The second-order valence-electron chi connectivity index (χ2n) is 7.46. The van der Waals surface area contributed by atoms with Gasteiger partial charge < -0.3 is 14.2 Å². The van der Waals surface area contributed by atoms with Crippen molar-refractivity contribution in [3.8, 4) is 11.5 Å².